The van der Waals surface area contributed by atoms with Gasteiger partial charge in [-0.25, -0.2) is 5.48 Å². The molecule has 1 unspecified atom stereocenters. The van der Waals surface area contributed by atoms with Crippen molar-refractivity contribution in [2.24, 2.45) is 5.92 Å². The van der Waals surface area contributed by atoms with Gasteiger partial charge in [0.1, 0.15) is 0 Å². The fraction of sp³-hybridized carbons (Fsp3) is 0.833. The van der Waals surface area contributed by atoms with Crippen molar-refractivity contribution in [1.82, 2.24) is 10.4 Å². The van der Waals surface area contributed by atoms with Crippen LogP contribution in [-0.4, -0.2) is 35.9 Å². The highest BCUT2D eigenvalue weighted by molar-refractivity contribution is 5.88. The molecular weight excluding hydrogens is 220 g/mol. The molecule has 2 aliphatic rings. The molecule has 1 atom stereocenters. The maximum absolute atomic E-state index is 11.8. The minimum Gasteiger partial charge on any atom is -0.342 e. The van der Waals surface area contributed by atoms with Crippen LogP contribution in [0.3, 0.4) is 0 Å². The number of hydrogen-bond acceptors (Lipinski definition) is 3. The second kappa shape index (κ2) is 5.49. The highest BCUT2D eigenvalue weighted by Gasteiger charge is 2.33. The molecule has 5 nitrogen and oxygen atoms in total. The zero-order valence-electron chi connectivity index (χ0n) is 10.3. The summed E-state index contributed by atoms with van der Waals surface area (Å²) in [5.74, 6) is -0.335. The Labute approximate surface area is 101 Å². The van der Waals surface area contributed by atoms with Gasteiger partial charge in [-0.3, -0.25) is 14.4 Å². The molecule has 5 heteroatoms. The van der Waals surface area contributed by atoms with E-state index in [0.29, 0.717) is 19.5 Å². The molecule has 17 heavy (non-hydrogen) atoms. The summed E-state index contributed by atoms with van der Waals surface area (Å²) in [4.78, 5) is 30.3. The Morgan fingerprint density at radius 1 is 1.47 bits per heavy atom. The van der Waals surface area contributed by atoms with Crippen LogP contribution in [0.2, 0.25) is 0 Å². The zero-order chi connectivity index (χ0) is 12.3. The molecular formula is C12H20N2O3. The third-order valence-electron chi connectivity index (χ3n) is 3.60. The fourth-order valence-electron chi connectivity index (χ4n) is 2.48. The summed E-state index contributed by atoms with van der Waals surface area (Å²) in [5, 5.41) is 0. The lowest BCUT2D eigenvalue weighted by atomic mass is 10.1. The van der Waals surface area contributed by atoms with E-state index in [9.17, 15) is 9.59 Å². The Bertz CT molecular complexity index is 300. The number of rotatable bonds is 4. The number of nitrogens with zero attached hydrogens (tertiary/aromatic N) is 1. The van der Waals surface area contributed by atoms with Crippen molar-refractivity contribution in [2.75, 3.05) is 13.1 Å². The molecule has 1 heterocycles. The molecule has 1 aliphatic carbocycles. The Hall–Kier alpha value is -1.10. The summed E-state index contributed by atoms with van der Waals surface area (Å²) in [7, 11) is 0. The average Bonchev–Trinajstić information content (AvgIpc) is 2.94. The second-order valence-electron chi connectivity index (χ2n) is 4.82. The van der Waals surface area contributed by atoms with Gasteiger partial charge in [0.05, 0.1) is 12.0 Å². The molecule has 1 aliphatic heterocycles. The smallest absolute Gasteiger partial charge is 0.248 e. The number of nitrogens with one attached hydrogen (secondary N) is 1. The van der Waals surface area contributed by atoms with E-state index in [-0.39, 0.29) is 23.8 Å². The third-order valence-corrected chi connectivity index (χ3v) is 3.60. The van der Waals surface area contributed by atoms with Crippen LogP contribution >= 0.6 is 0 Å². The van der Waals surface area contributed by atoms with E-state index < -0.39 is 0 Å². The predicted octanol–water partition coefficient (Wildman–Crippen LogP) is 0.845. The van der Waals surface area contributed by atoms with Gasteiger partial charge in [-0.15, -0.1) is 0 Å². The van der Waals surface area contributed by atoms with Crippen molar-refractivity contribution >= 4 is 11.8 Å². The maximum Gasteiger partial charge on any atom is 0.248 e. The molecule has 2 amide bonds. The van der Waals surface area contributed by atoms with Crippen LogP contribution in [0.1, 0.15) is 39.0 Å². The molecule has 0 aromatic carbocycles. The zero-order valence-corrected chi connectivity index (χ0v) is 10.3. The first kappa shape index (κ1) is 12.4. The van der Waals surface area contributed by atoms with Crippen molar-refractivity contribution in [2.45, 2.75) is 45.1 Å². The van der Waals surface area contributed by atoms with Gasteiger partial charge in [0.15, 0.2) is 0 Å². The molecule has 0 spiro atoms. The van der Waals surface area contributed by atoms with Crippen LogP contribution < -0.4 is 5.48 Å². The summed E-state index contributed by atoms with van der Waals surface area (Å²) in [6.45, 7) is 3.12. The van der Waals surface area contributed by atoms with E-state index in [1.807, 2.05) is 6.92 Å². The minimum absolute atomic E-state index is 0.0634. The van der Waals surface area contributed by atoms with Crippen molar-refractivity contribution in [3.05, 3.63) is 0 Å². The molecule has 1 saturated carbocycles. The maximum atomic E-state index is 11.8. The first-order chi connectivity index (χ1) is 8.20. The summed E-state index contributed by atoms with van der Waals surface area (Å²) >= 11 is 0. The molecule has 0 radical (unpaired) electrons. The van der Waals surface area contributed by atoms with Crippen LogP contribution in [0.4, 0.5) is 0 Å². The predicted molar refractivity (Wildman–Crippen MR) is 61.8 cm³/mol. The van der Waals surface area contributed by atoms with E-state index in [0.717, 1.165) is 12.8 Å². The number of amides is 2. The van der Waals surface area contributed by atoms with Crippen LogP contribution in [0.5, 0.6) is 0 Å². The van der Waals surface area contributed by atoms with E-state index in [2.05, 4.69) is 5.48 Å². The Balaban J connectivity index is 1.74. The molecule has 1 N–H and O–H groups in total. The van der Waals surface area contributed by atoms with Gasteiger partial charge in [-0.2, -0.15) is 0 Å². The van der Waals surface area contributed by atoms with E-state index >= 15 is 0 Å². The summed E-state index contributed by atoms with van der Waals surface area (Å²) in [6.07, 6.45) is 4.86. The molecule has 0 bridgehead atoms. The SMILES string of the molecule is CCN1CC(C(=O)NOC2CCCC2)CC1=O. The fourth-order valence-corrected chi connectivity index (χ4v) is 2.48. The highest BCUT2D eigenvalue weighted by atomic mass is 16.7. The summed E-state index contributed by atoms with van der Waals surface area (Å²) < 4.78 is 0. The van der Waals surface area contributed by atoms with Crippen LogP contribution in [0.15, 0.2) is 0 Å². The Morgan fingerprint density at radius 2 is 2.18 bits per heavy atom. The number of hydrogen-bond donors (Lipinski definition) is 1. The first-order valence-corrected chi connectivity index (χ1v) is 6.44. The Morgan fingerprint density at radius 3 is 2.76 bits per heavy atom. The third kappa shape index (κ3) is 2.97. The quantitative estimate of drug-likeness (QED) is 0.741. The number of hydroxylamine groups is 1. The molecule has 2 rings (SSSR count). The lowest BCUT2D eigenvalue weighted by Gasteiger charge is -2.15. The standard InChI is InChI=1S/C12H20N2O3/c1-2-14-8-9(7-11(14)15)12(16)13-17-10-5-3-4-6-10/h9-10H,2-8H2,1H3,(H,13,16). The van der Waals surface area contributed by atoms with Gasteiger partial charge in [0, 0.05) is 19.5 Å². The number of likely N-dealkylation sites (tertiary alicyclic amines) is 1. The van der Waals surface area contributed by atoms with Gasteiger partial charge in [0.2, 0.25) is 11.8 Å². The summed E-state index contributed by atoms with van der Waals surface area (Å²) in [6, 6.07) is 0. The van der Waals surface area contributed by atoms with Crippen molar-refractivity contribution < 1.29 is 14.4 Å². The van der Waals surface area contributed by atoms with Gasteiger partial charge >= 0.3 is 0 Å². The van der Waals surface area contributed by atoms with E-state index in [1.165, 1.54) is 12.8 Å². The topological polar surface area (TPSA) is 58.6 Å². The van der Waals surface area contributed by atoms with Gasteiger partial charge in [-0.05, 0) is 19.8 Å². The van der Waals surface area contributed by atoms with Gasteiger partial charge in [-0.1, -0.05) is 12.8 Å². The van der Waals surface area contributed by atoms with Crippen molar-refractivity contribution in [3.8, 4) is 0 Å². The molecule has 96 valence electrons. The van der Waals surface area contributed by atoms with Crippen molar-refractivity contribution in [1.29, 1.82) is 0 Å². The minimum atomic E-state index is -0.246. The summed E-state index contributed by atoms with van der Waals surface area (Å²) in [5.41, 5.74) is 2.51. The molecule has 1 saturated heterocycles. The first-order valence-electron chi connectivity index (χ1n) is 6.44. The number of carbonyl (C=O) groups excluding carboxylic acids is 2. The number of carbonyl (C=O) groups is 2. The van der Waals surface area contributed by atoms with E-state index in [4.69, 9.17) is 4.84 Å². The Kier molecular flexibility index (Phi) is 3.99. The van der Waals surface area contributed by atoms with Crippen molar-refractivity contribution in [3.63, 3.8) is 0 Å². The molecule has 2 fully saturated rings. The largest absolute Gasteiger partial charge is 0.342 e. The highest BCUT2D eigenvalue weighted by Crippen LogP contribution is 2.21. The van der Waals surface area contributed by atoms with Gasteiger partial charge < -0.3 is 4.90 Å². The normalized spacial score (nSPS) is 25.6. The molecule has 0 aromatic rings. The van der Waals surface area contributed by atoms with Crippen LogP contribution in [0.25, 0.3) is 0 Å². The average molecular weight is 240 g/mol. The van der Waals surface area contributed by atoms with Crippen LogP contribution in [0, 0.1) is 5.92 Å². The van der Waals surface area contributed by atoms with Crippen LogP contribution in [-0.2, 0) is 14.4 Å². The lowest BCUT2D eigenvalue weighted by Crippen LogP contribution is -2.35. The monoisotopic (exact) mass is 240 g/mol. The second-order valence-corrected chi connectivity index (χ2v) is 4.82. The van der Waals surface area contributed by atoms with Gasteiger partial charge in [0.25, 0.3) is 0 Å². The lowest BCUT2D eigenvalue weighted by molar-refractivity contribution is -0.142. The van der Waals surface area contributed by atoms with E-state index in [1.54, 1.807) is 4.90 Å². The molecule has 0 aromatic heterocycles.